The van der Waals surface area contributed by atoms with Gasteiger partial charge in [-0.2, -0.15) is 0 Å². The molecule has 1 saturated heterocycles. The molecule has 1 aliphatic rings. The molecule has 1 rings (SSSR count). The molecule has 4 heteroatoms. The Bertz CT molecular complexity index is 234. The van der Waals surface area contributed by atoms with Gasteiger partial charge >= 0.3 is 5.97 Å². The molecule has 0 aliphatic carbocycles. The van der Waals surface area contributed by atoms with Crippen LogP contribution in [0.1, 0.15) is 40.0 Å². The first-order valence-corrected chi connectivity index (χ1v) is 5.87. The van der Waals surface area contributed by atoms with Crippen LogP contribution in [0.15, 0.2) is 0 Å². The van der Waals surface area contributed by atoms with Crippen LogP contribution in [0, 0.1) is 0 Å². The van der Waals surface area contributed by atoms with Crippen molar-refractivity contribution < 1.29 is 14.3 Å². The van der Waals surface area contributed by atoms with Crippen molar-refractivity contribution in [2.24, 2.45) is 0 Å². The van der Waals surface area contributed by atoms with Crippen molar-refractivity contribution in [1.82, 2.24) is 5.32 Å². The van der Waals surface area contributed by atoms with E-state index >= 15 is 0 Å². The van der Waals surface area contributed by atoms with Crippen molar-refractivity contribution in [2.45, 2.75) is 51.2 Å². The van der Waals surface area contributed by atoms with E-state index in [1.165, 1.54) is 0 Å². The molecule has 4 nitrogen and oxygen atoms in total. The highest BCUT2D eigenvalue weighted by molar-refractivity contribution is 5.81. The largest absolute Gasteiger partial charge is 0.459 e. The second-order valence-electron chi connectivity index (χ2n) is 5.40. The molecule has 0 spiro atoms. The maximum atomic E-state index is 12.2. The second kappa shape index (κ2) is 5.15. The Morgan fingerprint density at radius 2 is 2.06 bits per heavy atom. The Morgan fingerprint density at radius 3 is 2.50 bits per heavy atom. The summed E-state index contributed by atoms with van der Waals surface area (Å²) >= 11 is 0. The van der Waals surface area contributed by atoms with Crippen LogP contribution in [0.25, 0.3) is 0 Å². The molecule has 0 saturated carbocycles. The molecule has 16 heavy (non-hydrogen) atoms. The minimum absolute atomic E-state index is 0.193. The molecule has 1 atom stereocenters. The van der Waals surface area contributed by atoms with E-state index in [1.807, 2.05) is 20.8 Å². The SMILES string of the molecule is COCC1(C(=O)OC(C)(C)C)CCCCN1. The minimum Gasteiger partial charge on any atom is -0.459 e. The summed E-state index contributed by atoms with van der Waals surface area (Å²) in [6.45, 7) is 6.88. The number of hydrogen-bond acceptors (Lipinski definition) is 4. The lowest BCUT2D eigenvalue weighted by atomic mass is 9.89. The molecular weight excluding hydrogens is 206 g/mol. The molecule has 0 aromatic carbocycles. The Morgan fingerprint density at radius 1 is 1.38 bits per heavy atom. The smallest absolute Gasteiger partial charge is 0.329 e. The monoisotopic (exact) mass is 229 g/mol. The summed E-state index contributed by atoms with van der Waals surface area (Å²) < 4.78 is 10.6. The molecule has 0 radical (unpaired) electrons. The van der Waals surface area contributed by atoms with Crippen LogP contribution in [0.5, 0.6) is 0 Å². The van der Waals surface area contributed by atoms with Crippen molar-refractivity contribution in [2.75, 3.05) is 20.3 Å². The third-order valence-corrected chi connectivity index (χ3v) is 2.67. The highest BCUT2D eigenvalue weighted by atomic mass is 16.6. The van der Waals surface area contributed by atoms with Gasteiger partial charge < -0.3 is 9.47 Å². The maximum Gasteiger partial charge on any atom is 0.329 e. The van der Waals surface area contributed by atoms with Crippen LogP contribution in [-0.4, -0.2) is 37.4 Å². The van der Waals surface area contributed by atoms with Crippen molar-refractivity contribution in [3.05, 3.63) is 0 Å². The van der Waals surface area contributed by atoms with Gasteiger partial charge in [-0.25, -0.2) is 4.79 Å². The number of hydrogen-bond donors (Lipinski definition) is 1. The topological polar surface area (TPSA) is 47.6 Å². The summed E-state index contributed by atoms with van der Waals surface area (Å²) in [6, 6.07) is 0. The Labute approximate surface area is 97.7 Å². The van der Waals surface area contributed by atoms with Gasteiger partial charge in [0.25, 0.3) is 0 Å². The molecule has 0 bridgehead atoms. The van der Waals surface area contributed by atoms with Gasteiger partial charge in [0.2, 0.25) is 0 Å². The highest BCUT2D eigenvalue weighted by Gasteiger charge is 2.42. The molecule has 94 valence electrons. The second-order valence-corrected chi connectivity index (χ2v) is 5.40. The van der Waals surface area contributed by atoms with Gasteiger partial charge in [0, 0.05) is 7.11 Å². The van der Waals surface area contributed by atoms with Crippen LogP contribution in [0.3, 0.4) is 0 Å². The van der Waals surface area contributed by atoms with Crippen LogP contribution in [0.4, 0.5) is 0 Å². The molecule has 0 amide bonds. The molecule has 1 fully saturated rings. The minimum atomic E-state index is -0.639. The number of carbonyl (C=O) groups is 1. The summed E-state index contributed by atoms with van der Waals surface area (Å²) in [6.07, 6.45) is 2.93. The predicted molar refractivity (Wildman–Crippen MR) is 62.3 cm³/mol. The number of nitrogens with one attached hydrogen (secondary N) is 1. The number of piperidine rings is 1. The van der Waals surface area contributed by atoms with Gasteiger partial charge in [-0.05, 0) is 46.6 Å². The van der Waals surface area contributed by atoms with E-state index in [2.05, 4.69) is 5.32 Å². The van der Waals surface area contributed by atoms with Crippen molar-refractivity contribution in [3.63, 3.8) is 0 Å². The zero-order valence-electron chi connectivity index (χ0n) is 10.8. The van der Waals surface area contributed by atoms with E-state index in [0.717, 1.165) is 25.8 Å². The lowest BCUT2D eigenvalue weighted by Crippen LogP contribution is -2.59. The molecule has 1 N–H and O–H groups in total. The van der Waals surface area contributed by atoms with Crippen LogP contribution < -0.4 is 5.32 Å². The van der Waals surface area contributed by atoms with Gasteiger partial charge in [0.1, 0.15) is 11.1 Å². The van der Waals surface area contributed by atoms with Gasteiger partial charge in [-0.15, -0.1) is 0 Å². The molecule has 1 heterocycles. The first-order valence-electron chi connectivity index (χ1n) is 5.87. The molecule has 0 aromatic heterocycles. The van der Waals surface area contributed by atoms with Crippen molar-refractivity contribution >= 4 is 5.97 Å². The van der Waals surface area contributed by atoms with Gasteiger partial charge in [-0.1, -0.05) is 0 Å². The number of methoxy groups -OCH3 is 1. The van der Waals surface area contributed by atoms with Gasteiger partial charge in [0.15, 0.2) is 0 Å². The normalized spacial score (nSPS) is 26.5. The summed E-state index contributed by atoms with van der Waals surface area (Å²) in [4.78, 5) is 12.2. The van der Waals surface area contributed by atoms with E-state index in [0.29, 0.717) is 6.61 Å². The number of rotatable bonds is 3. The quantitative estimate of drug-likeness (QED) is 0.745. The van der Waals surface area contributed by atoms with Crippen LogP contribution in [-0.2, 0) is 14.3 Å². The van der Waals surface area contributed by atoms with Gasteiger partial charge in [0.05, 0.1) is 6.61 Å². The summed E-state index contributed by atoms with van der Waals surface area (Å²) in [5, 5.41) is 3.26. The molecule has 0 aromatic rings. The van der Waals surface area contributed by atoms with E-state index in [1.54, 1.807) is 7.11 Å². The number of carbonyl (C=O) groups excluding carboxylic acids is 1. The number of ether oxygens (including phenoxy) is 2. The first-order chi connectivity index (χ1) is 7.40. The Balaban J connectivity index is 2.72. The maximum absolute atomic E-state index is 12.2. The van der Waals surface area contributed by atoms with E-state index in [-0.39, 0.29) is 5.97 Å². The van der Waals surface area contributed by atoms with Crippen LogP contribution in [0.2, 0.25) is 0 Å². The zero-order valence-corrected chi connectivity index (χ0v) is 10.8. The van der Waals surface area contributed by atoms with E-state index in [9.17, 15) is 4.79 Å². The standard InChI is InChI=1S/C12H23NO3/c1-11(2,3)16-10(14)12(9-15-4)7-5-6-8-13-12/h13H,5-9H2,1-4H3. The summed E-state index contributed by atoms with van der Waals surface area (Å²) in [5.41, 5.74) is -1.09. The van der Waals surface area contributed by atoms with E-state index < -0.39 is 11.1 Å². The van der Waals surface area contributed by atoms with Gasteiger partial charge in [-0.3, -0.25) is 5.32 Å². The zero-order chi connectivity index (χ0) is 12.2. The molecular formula is C12H23NO3. The van der Waals surface area contributed by atoms with Crippen molar-refractivity contribution in [3.8, 4) is 0 Å². The fraction of sp³-hybridized carbons (Fsp3) is 0.917. The Kier molecular flexibility index (Phi) is 4.33. The lowest BCUT2D eigenvalue weighted by molar-refractivity contribution is -0.167. The third kappa shape index (κ3) is 3.46. The Hall–Kier alpha value is -0.610. The third-order valence-electron chi connectivity index (χ3n) is 2.67. The van der Waals surface area contributed by atoms with E-state index in [4.69, 9.17) is 9.47 Å². The number of esters is 1. The molecule has 1 aliphatic heterocycles. The lowest BCUT2D eigenvalue weighted by Gasteiger charge is -2.37. The fourth-order valence-electron chi connectivity index (χ4n) is 1.95. The average Bonchev–Trinajstić information content (AvgIpc) is 2.17. The summed E-state index contributed by atoms with van der Waals surface area (Å²) in [5.74, 6) is -0.193. The van der Waals surface area contributed by atoms with Crippen molar-refractivity contribution in [1.29, 1.82) is 0 Å². The fourth-order valence-corrected chi connectivity index (χ4v) is 1.95. The highest BCUT2D eigenvalue weighted by Crippen LogP contribution is 2.23. The summed E-state index contributed by atoms with van der Waals surface area (Å²) in [7, 11) is 1.61. The van der Waals surface area contributed by atoms with Crippen LogP contribution >= 0.6 is 0 Å². The average molecular weight is 229 g/mol. The first kappa shape index (κ1) is 13.5. The predicted octanol–water partition coefficient (Wildman–Crippen LogP) is 1.49. The molecule has 1 unspecified atom stereocenters.